The fourth-order valence-electron chi connectivity index (χ4n) is 2.99. The molecule has 0 aromatic heterocycles. The van der Waals surface area contributed by atoms with Crippen molar-refractivity contribution in [3.05, 3.63) is 54.1 Å². The number of hydrogen-bond acceptors (Lipinski definition) is 5. The number of carbonyl (C=O) groups is 1. The number of rotatable bonds is 8. The molecular formula is C21H26N2O5S. The van der Waals surface area contributed by atoms with Crippen molar-refractivity contribution in [2.75, 3.05) is 31.1 Å². The van der Waals surface area contributed by atoms with Gasteiger partial charge < -0.3 is 14.8 Å². The molecule has 1 amide bonds. The van der Waals surface area contributed by atoms with Gasteiger partial charge in [0.25, 0.3) is 15.9 Å². The third kappa shape index (κ3) is 5.48. The highest BCUT2D eigenvalue weighted by Crippen LogP contribution is 2.24. The van der Waals surface area contributed by atoms with Crippen LogP contribution in [0, 0.1) is 6.92 Å². The second-order valence-electron chi connectivity index (χ2n) is 7.01. The summed E-state index contributed by atoms with van der Waals surface area (Å²) < 4.78 is 37.7. The van der Waals surface area contributed by atoms with Crippen LogP contribution in [0.15, 0.2) is 53.4 Å². The van der Waals surface area contributed by atoms with Gasteiger partial charge in [-0.2, -0.15) is 0 Å². The number of ether oxygens (including phenoxy) is 2. The maximum absolute atomic E-state index is 12.8. The molecule has 2 aromatic carbocycles. The van der Waals surface area contributed by atoms with Crippen LogP contribution in [0.25, 0.3) is 0 Å². The van der Waals surface area contributed by atoms with E-state index in [1.54, 1.807) is 48.5 Å². The van der Waals surface area contributed by atoms with Crippen LogP contribution in [0.4, 0.5) is 5.69 Å². The minimum atomic E-state index is -3.65. The van der Waals surface area contributed by atoms with Crippen molar-refractivity contribution in [1.29, 1.82) is 0 Å². The highest BCUT2D eigenvalue weighted by Gasteiger charge is 2.21. The highest BCUT2D eigenvalue weighted by molar-refractivity contribution is 7.92. The van der Waals surface area contributed by atoms with Crippen molar-refractivity contribution in [3.8, 4) is 5.75 Å². The molecule has 1 N–H and O–H groups in total. The minimum absolute atomic E-state index is 0.0873. The van der Waals surface area contributed by atoms with Crippen LogP contribution in [0.2, 0.25) is 0 Å². The smallest absolute Gasteiger partial charge is 0.264 e. The zero-order valence-electron chi connectivity index (χ0n) is 16.6. The Bertz CT molecular complexity index is 921. The maximum atomic E-state index is 12.8. The molecule has 0 aliphatic carbocycles. The van der Waals surface area contributed by atoms with Crippen LogP contribution < -0.4 is 14.4 Å². The number of sulfonamides is 1. The van der Waals surface area contributed by atoms with Gasteiger partial charge in [0.15, 0.2) is 6.61 Å². The van der Waals surface area contributed by atoms with E-state index in [9.17, 15) is 13.2 Å². The molecule has 8 heteroatoms. The molecule has 1 atom stereocenters. The lowest BCUT2D eigenvalue weighted by molar-refractivity contribution is -0.123. The van der Waals surface area contributed by atoms with Crippen LogP contribution in [0.3, 0.4) is 0 Å². The molecule has 1 aliphatic rings. The molecule has 0 unspecified atom stereocenters. The summed E-state index contributed by atoms with van der Waals surface area (Å²) in [6.45, 7) is 3.03. The predicted molar refractivity (Wildman–Crippen MR) is 111 cm³/mol. The average molecular weight is 419 g/mol. The Hall–Kier alpha value is -2.58. The normalized spacial score (nSPS) is 16.4. The summed E-state index contributed by atoms with van der Waals surface area (Å²) in [4.78, 5) is 12.1. The van der Waals surface area contributed by atoms with Gasteiger partial charge in [0.2, 0.25) is 0 Å². The third-order valence-corrected chi connectivity index (χ3v) is 6.60. The first-order valence-electron chi connectivity index (χ1n) is 9.53. The van der Waals surface area contributed by atoms with Crippen molar-refractivity contribution < 1.29 is 22.7 Å². The van der Waals surface area contributed by atoms with Gasteiger partial charge in [0.1, 0.15) is 5.75 Å². The lowest BCUT2D eigenvalue weighted by Gasteiger charge is -2.20. The number of aryl methyl sites for hydroxylation is 1. The summed E-state index contributed by atoms with van der Waals surface area (Å²) in [5, 5.41) is 2.79. The average Bonchev–Trinajstić information content (AvgIpc) is 3.24. The SMILES string of the molecule is Cc1ccc(S(=O)(=O)N(C)c2ccc(OCC(=O)NC[C@@H]3CCCO3)cc2)cc1. The van der Waals surface area contributed by atoms with E-state index in [1.807, 2.05) is 6.92 Å². The van der Waals surface area contributed by atoms with E-state index in [0.717, 1.165) is 25.0 Å². The topological polar surface area (TPSA) is 84.9 Å². The third-order valence-electron chi connectivity index (χ3n) is 4.80. The number of nitrogens with one attached hydrogen (secondary N) is 1. The van der Waals surface area contributed by atoms with E-state index in [2.05, 4.69) is 5.32 Å². The summed E-state index contributed by atoms with van der Waals surface area (Å²) >= 11 is 0. The Labute approximate surface area is 171 Å². The zero-order chi connectivity index (χ0) is 20.9. The molecule has 0 saturated carbocycles. The van der Waals surface area contributed by atoms with Crippen molar-refractivity contribution in [2.45, 2.75) is 30.8 Å². The Morgan fingerprint density at radius 1 is 1.17 bits per heavy atom. The first kappa shape index (κ1) is 21.1. The molecular weight excluding hydrogens is 392 g/mol. The first-order valence-corrected chi connectivity index (χ1v) is 11.0. The van der Waals surface area contributed by atoms with Crippen LogP contribution in [0.1, 0.15) is 18.4 Å². The second kappa shape index (κ2) is 9.28. The largest absolute Gasteiger partial charge is 0.484 e. The molecule has 1 aliphatic heterocycles. The fourth-order valence-corrected chi connectivity index (χ4v) is 4.19. The van der Waals surface area contributed by atoms with Gasteiger partial charge in [-0.1, -0.05) is 17.7 Å². The monoisotopic (exact) mass is 418 g/mol. The van der Waals surface area contributed by atoms with E-state index in [-0.39, 0.29) is 23.5 Å². The van der Waals surface area contributed by atoms with Gasteiger partial charge in [0.05, 0.1) is 16.7 Å². The number of anilines is 1. The fraction of sp³-hybridized carbons (Fsp3) is 0.381. The first-order chi connectivity index (χ1) is 13.9. The van der Waals surface area contributed by atoms with Crippen molar-refractivity contribution in [1.82, 2.24) is 5.32 Å². The molecule has 2 aromatic rings. The molecule has 3 rings (SSSR count). The Morgan fingerprint density at radius 2 is 1.86 bits per heavy atom. The van der Waals surface area contributed by atoms with Crippen LogP contribution >= 0.6 is 0 Å². The maximum Gasteiger partial charge on any atom is 0.264 e. The van der Waals surface area contributed by atoms with E-state index in [0.29, 0.717) is 18.0 Å². The number of carbonyl (C=O) groups excluding carboxylic acids is 1. The van der Waals surface area contributed by atoms with Crippen molar-refractivity contribution in [2.24, 2.45) is 0 Å². The summed E-state index contributed by atoms with van der Waals surface area (Å²) in [6.07, 6.45) is 2.07. The van der Waals surface area contributed by atoms with Gasteiger partial charge in [-0.05, 0) is 56.2 Å². The van der Waals surface area contributed by atoms with Crippen LogP contribution in [-0.2, 0) is 19.6 Å². The van der Waals surface area contributed by atoms with Gasteiger partial charge >= 0.3 is 0 Å². The lowest BCUT2D eigenvalue weighted by Crippen LogP contribution is -2.35. The van der Waals surface area contributed by atoms with E-state index in [1.165, 1.54) is 11.4 Å². The van der Waals surface area contributed by atoms with E-state index >= 15 is 0 Å². The molecule has 29 heavy (non-hydrogen) atoms. The second-order valence-corrected chi connectivity index (χ2v) is 8.98. The summed E-state index contributed by atoms with van der Waals surface area (Å²) in [5.74, 6) is 0.269. The summed E-state index contributed by atoms with van der Waals surface area (Å²) in [7, 11) is -2.14. The Balaban J connectivity index is 1.54. The number of nitrogens with zero attached hydrogens (tertiary/aromatic N) is 1. The van der Waals surface area contributed by atoms with Crippen molar-refractivity contribution >= 4 is 21.6 Å². The Morgan fingerprint density at radius 3 is 2.48 bits per heavy atom. The van der Waals surface area contributed by atoms with E-state index in [4.69, 9.17) is 9.47 Å². The van der Waals surface area contributed by atoms with Gasteiger partial charge in [-0.25, -0.2) is 8.42 Å². The molecule has 0 radical (unpaired) electrons. The van der Waals surface area contributed by atoms with Gasteiger partial charge in [0, 0.05) is 20.2 Å². The van der Waals surface area contributed by atoms with Crippen LogP contribution in [-0.4, -0.2) is 47.2 Å². The molecule has 1 fully saturated rings. The molecule has 0 bridgehead atoms. The number of hydrogen-bond donors (Lipinski definition) is 1. The van der Waals surface area contributed by atoms with Crippen LogP contribution in [0.5, 0.6) is 5.75 Å². The molecule has 1 heterocycles. The lowest BCUT2D eigenvalue weighted by atomic mass is 10.2. The quantitative estimate of drug-likeness (QED) is 0.712. The predicted octanol–water partition coefficient (Wildman–Crippen LogP) is 2.49. The molecule has 7 nitrogen and oxygen atoms in total. The zero-order valence-corrected chi connectivity index (χ0v) is 17.4. The highest BCUT2D eigenvalue weighted by atomic mass is 32.2. The van der Waals surface area contributed by atoms with Crippen molar-refractivity contribution in [3.63, 3.8) is 0 Å². The molecule has 0 spiro atoms. The molecule has 1 saturated heterocycles. The Kier molecular flexibility index (Phi) is 6.76. The number of amides is 1. The summed E-state index contributed by atoms with van der Waals surface area (Å²) in [5.41, 5.74) is 1.49. The number of benzene rings is 2. The van der Waals surface area contributed by atoms with Gasteiger partial charge in [-0.3, -0.25) is 9.10 Å². The standard InChI is InChI=1S/C21H26N2O5S/c1-16-5-11-20(12-6-16)29(25,26)23(2)17-7-9-18(10-8-17)28-15-21(24)22-14-19-4-3-13-27-19/h5-12,19H,3-4,13-15H2,1-2H3,(H,22,24)/t19-/m0/s1. The summed E-state index contributed by atoms with van der Waals surface area (Å²) in [6, 6.07) is 13.3. The molecule has 156 valence electrons. The van der Waals surface area contributed by atoms with E-state index < -0.39 is 10.0 Å². The minimum Gasteiger partial charge on any atom is -0.484 e. The van der Waals surface area contributed by atoms with Gasteiger partial charge in [-0.15, -0.1) is 0 Å².